The molecule has 0 aromatic rings. The van der Waals surface area contributed by atoms with E-state index in [2.05, 4.69) is 0 Å². The number of hydrogen-bond donors (Lipinski definition) is 3. The highest BCUT2D eigenvalue weighted by Crippen LogP contribution is 2.66. The average molecular weight is 333 g/mol. The Morgan fingerprint density at radius 1 is 1.36 bits per heavy atom. The van der Waals surface area contributed by atoms with Crippen LogP contribution in [0.4, 0.5) is 0 Å². The normalized spacial score (nSPS) is 35.4. The van der Waals surface area contributed by atoms with Gasteiger partial charge in [0.1, 0.15) is 5.54 Å². The summed E-state index contributed by atoms with van der Waals surface area (Å²) in [5, 5.41) is 18.5. The van der Waals surface area contributed by atoms with Gasteiger partial charge in [0.05, 0.1) is 19.1 Å². The lowest BCUT2D eigenvalue weighted by Crippen LogP contribution is -2.49. The van der Waals surface area contributed by atoms with Crippen molar-refractivity contribution in [3.8, 4) is 0 Å². The lowest BCUT2D eigenvalue weighted by molar-refractivity contribution is -0.145. The Morgan fingerprint density at radius 2 is 1.91 bits per heavy atom. The monoisotopic (exact) mass is 333 g/mol. The third-order valence-electron chi connectivity index (χ3n) is 4.16. The van der Waals surface area contributed by atoms with Crippen LogP contribution < -0.4 is 5.73 Å². The number of nitrogens with two attached hydrogens (primary N) is 1. The smallest absolute Gasteiger partial charge is 0.354 e. The SMILES string of the molecule is CCOP(=O)(C=C1CC(N)(C(=O)O)C2C(C(=O)O)C12)OCC. The minimum atomic E-state index is -3.53. The molecule has 0 aliphatic heterocycles. The quantitative estimate of drug-likeness (QED) is 0.592. The predicted octanol–water partition coefficient (Wildman–Crippen LogP) is 1.27. The highest BCUT2D eigenvalue weighted by atomic mass is 31.2. The summed E-state index contributed by atoms with van der Waals surface area (Å²) >= 11 is 0. The van der Waals surface area contributed by atoms with Crippen LogP contribution >= 0.6 is 7.60 Å². The molecule has 4 unspecified atom stereocenters. The topological polar surface area (TPSA) is 136 Å². The first-order valence-electron chi connectivity index (χ1n) is 7.05. The van der Waals surface area contributed by atoms with Gasteiger partial charge in [-0.2, -0.15) is 0 Å². The van der Waals surface area contributed by atoms with Gasteiger partial charge in [-0.1, -0.05) is 5.57 Å². The van der Waals surface area contributed by atoms with Crippen molar-refractivity contribution in [3.05, 3.63) is 11.4 Å². The minimum absolute atomic E-state index is 0.0500. The molecule has 0 spiro atoms. The molecule has 2 fully saturated rings. The van der Waals surface area contributed by atoms with Crippen LogP contribution in [0.3, 0.4) is 0 Å². The van der Waals surface area contributed by atoms with E-state index in [0.717, 1.165) is 0 Å². The van der Waals surface area contributed by atoms with E-state index in [1.807, 2.05) is 0 Å². The van der Waals surface area contributed by atoms with Gasteiger partial charge < -0.3 is 25.0 Å². The van der Waals surface area contributed by atoms with E-state index in [1.165, 1.54) is 5.82 Å². The molecule has 22 heavy (non-hydrogen) atoms. The van der Waals surface area contributed by atoms with Gasteiger partial charge in [-0.15, -0.1) is 0 Å². The van der Waals surface area contributed by atoms with Crippen molar-refractivity contribution in [2.24, 2.45) is 23.5 Å². The molecule has 4 N–H and O–H groups in total. The highest BCUT2D eigenvalue weighted by molar-refractivity contribution is 7.57. The van der Waals surface area contributed by atoms with Gasteiger partial charge in [0.2, 0.25) is 0 Å². The van der Waals surface area contributed by atoms with Gasteiger partial charge in [0.25, 0.3) is 0 Å². The Balaban J connectivity index is 2.36. The van der Waals surface area contributed by atoms with Crippen molar-refractivity contribution < 1.29 is 33.4 Å². The Bertz CT molecular complexity index is 565. The van der Waals surface area contributed by atoms with E-state index < -0.39 is 42.8 Å². The zero-order valence-corrected chi connectivity index (χ0v) is 13.3. The van der Waals surface area contributed by atoms with Gasteiger partial charge in [0, 0.05) is 17.7 Å². The molecule has 0 aromatic carbocycles. The first-order valence-corrected chi connectivity index (χ1v) is 8.67. The number of carboxylic acids is 2. The van der Waals surface area contributed by atoms with Gasteiger partial charge in [-0.05, 0) is 20.3 Å². The number of aliphatic carboxylic acids is 2. The van der Waals surface area contributed by atoms with Crippen LogP contribution in [0.5, 0.6) is 0 Å². The molecule has 0 bridgehead atoms. The molecule has 0 heterocycles. The van der Waals surface area contributed by atoms with Crippen molar-refractivity contribution in [3.63, 3.8) is 0 Å². The molecule has 2 aliphatic rings. The summed E-state index contributed by atoms with van der Waals surface area (Å²) in [6.07, 6.45) is -0.0500. The Labute approximate surface area is 127 Å². The predicted molar refractivity (Wildman–Crippen MR) is 76.2 cm³/mol. The van der Waals surface area contributed by atoms with E-state index in [9.17, 15) is 24.4 Å². The van der Waals surface area contributed by atoms with Crippen molar-refractivity contribution >= 4 is 19.5 Å². The fraction of sp³-hybridized carbons (Fsp3) is 0.692. The molecular weight excluding hydrogens is 313 g/mol. The fourth-order valence-electron chi connectivity index (χ4n) is 3.32. The summed E-state index contributed by atoms with van der Waals surface area (Å²) in [5.74, 6) is -3.16. The van der Waals surface area contributed by atoms with E-state index in [-0.39, 0.29) is 19.6 Å². The number of fused-ring (bicyclic) bond motifs is 1. The third kappa shape index (κ3) is 2.72. The van der Waals surface area contributed by atoms with Crippen molar-refractivity contribution in [2.75, 3.05) is 13.2 Å². The van der Waals surface area contributed by atoms with Crippen molar-refractivity contribution in [2.45, 2.75) is 25.8 Å². The molecule has 2 aliphatic carbocycles. The third-order valence-corrected chi connectivity index (χ3v) is 6.05. The summed E-state index contributed by atoms with van der Waals surface area (Å²) in [6.45, 7) is 3.63. The van der Waals surface area contributed by atoms with Crippen LogP contribution in [0.1, 0.15) is 20.3 Å². The zero-order valence-electron chi connectivity index (χ0n) is 12.4. The maximum absolute atomic E-state index is 12.5. The Kier molecular flexibility index (Phi) is 4.50. The summed E-state index contributed by atoms with van der Waals surface area (Å²) in [4.78, 5) is 22.7. The van der Waals surface area contributed by atoms with Crippen LogP contribution in [-0.4, -0.2) is 40.9 Å². The second kappa shape index (κ2) is 5.77. The zero-order chi connectivity index (χ0) is 16.7. The van der Waals surface area contributed by atoms with E-state index in [1.54, 1.807) is 13.8 Å². The van der Waals surface area contributed by atoms with Crippen LogP contribution in [-0.2, 0) is 23.2 Å². The number of carbonyl (C=O) groups is 2. The van der Waals surface area contributed by atoms with E-state index in [0.29, 0.717) is 5.57 Å². The highest BCUT2D eigenvalue weighted by Gasteiger charge is 2.72. The standard InChI is InChI=1S/C13H20NO7P/c1-3-20-22(19,21-4-2)6-7-5-13(14,12(17)18)10-8(7)9(10)11(15)16/h6,8-10H,3-5,14H2,1-2H3,(H,15,16)(H,17,18). The lowest BCUT2D eigenvalue weighted by Gasteiger charge is -2.22. The first kappa shape index (κ1) is 17.1. The molecule has 8 nitrogen and oxygen atoms in total. The fourth-order valence-corrected chi connectivity index (χ4v) is 4.93. The molecular formula is C13H20NO7P. The molecule has 9 heteroatoms. The van der Waals surface area contributed by atoms with Crippen LogP contribution in [0.2, 0.25) is 0 Å². The van der Waals surface area contributed by atoms with E-state index >= 15 is 0 Å². The molecule has 4 atom stereocenters. The van der Waals surface area contributed by atoms with Gasteiger partial charge in [-0.25, -0.2) is 0 Å². The van der Waals surface area contributed by atoms with Gasteiger partial charge in [0.15, 0.2) is 0 Å². The van der Waals surface area contributed by atoms with Gasteiger partial charge in [-0.3, -0.25) is 14.2 Å². The second-order valence-electron chi connectivity index (χ2n) is 5.52. The molecule has 2 rings (SSSR count). The number of carboxylic acid groups (broad SMARTS) is 2. The van der Waals surface area contributed by atoms with Crippen molar-refractivity contribution in [1.82, 2.24) is 0 Å². The Hall–Kier alpha value is -1.21. The number of hydrogen-bond acceptors (Lipinski definition) is 6. The average Bonchev–Trinajstić information content (AvgIpc) is 3.07. The molecule has 0 amide bonds. The molecule has 0 saturated heterocycles. The summed E-state index contributed by atoms with van der Waals surface area (Å²) in [5.41, 5.74) is 4.68. The van der Waals surface area contributed by atoms with Crippen molar-refractivity contribution in [1.29, 1.82) is 0 Å². The molecule has 124 valence electrons. The minimum Gasteiger partial charge on any atom is -0.481 e. The Morgan fingerprint density at radius 3 is 2.32 bits per heavy atom. The summed E-state index contributed by atoms with van der Waals surface area (Å²) < 4.78 is 22.8. The van der Waals surface area contributed by atoms with Crippen LogP contribution in [0, 0.1) is 17.8 Å². The first-order chi connectivity index (χ1) is 10.2. The lowest BCUT2D eigenvalue weighted by atomic mass is 9.90. The van der Waals surface area contributed by atoms with Crippen LogP contribution in [0.25, 0.3) is 0 Å². The second-order valence-corrected chi connectivity index (χ2v) is 7.37. The number of rotatable bonds is 7. The van der Waals surface area contributed by atoms with Gasteiger partial charge >= 0.3 is 19.5 Å². The molecule has 2 saturated carbocycles. The summed E-state index contributed by atoms with van der Waals surface area (Å²) in [6, 6.07) is 0. The van der Waals surface area contributed by atoms with Crippen LogP contribution in [0.15, 0.2) is 11.4 Å². The molecule has 0 radical (unpaired) electrons. The maximum atomic E-state index is 12.5. The molecule has 0 aromatic heterocycles. The summed E-state index contributed by atoms with van der Waals surface area (Å²) in [7, 11) is -3.53. The van der Waals surface area contributed by atoms with E-state index in [4.69, 9.17) is 14.8 Å². The maximum Gasteiger partial charge on any atom is 0.354 e. The largest absolute Gasteiger partial charge is 0.481 e.